The van der Waals surface area contributed by atoms with Crippen LogP contribution in [0.25, 0.3) is 0 Å². The van der Waals surface area contributed by atoms with Gasteiger partial charge in [-0.2, -0.15) is 0 Å². The Bertz CT molecular complexity index is 671. The highest BCUT2D eigenvalue weighted by Crippen LogP contribution is 2.26. The van der Waals surface area contributed by atoms with Gasteiger partial charge >= 0.3 is 11.0 Å². The van der Waals surface area contributed by atoms with Gasteiger partial charge in [0, 0.05) is 21.7 Å². The zero-order valence-corrected chi connectivity index (χ0v) is 12.2. The Morgan fingerprint density at radius 1 is 1.30 bits per heavy atom. The molecule has 2 aromatic rings. The van der Waals surface area contributed by atoms with Crippen LogP contribution in [0.4, 0.5) is 5.00 Å². The van der Waals surface area contributed by atoms with E-state index in [0.717, 1.165) is 11.3 Å². The molecule has 1 aromatic heterocycles. The standard InChI is InChI=1S/C12H7Cl2NO4S/c13-8-2-1-7(9(14)5-8)6-19-12(16)10-3-4-11(20-10)15(17)18/h1-5H,6H2. The van der Waals surface area contributed by atoms with Gasteiger partial charge in [0.05, 0.1) is 4.92 Å². The summed E-state index contributed by atoms with van der Waals surface area (Å²) in [7, 11) is 0. The average Bonchev–Trinajstić information content (AvgIpc) is 2.87. The van der Waals surface area contributed by atoms with Crippen LogP contribution in [0.2, 0.25) is 10.0 Å². The van der Waals surface area contributed by atoms with Gasteiger partial charge in [-0.1, -0.05) is 40.6 Å². The number of esters is 1. The van der Waals surface area contributed by atoms with Crippen LogP contribution in [-0.2, 0) is 11.3 Å². The monoisotopic (exact) mass is 331 g/mol. The maximum absolute atomic E-state index is 11.7. The summed E-state index contributed by atoms with van der Waals surface area (Å²) in [6, 6.07) is 7.44. The minimum Gasteiger partial charge on any atom is -0.457 e. The Balaban J connectivity index is 2.02. The van der Waals surface area contributed by atoms with Gasteiger partial charge in [-0.05, 0) is 18.2 Å². The molecule has 0 saturated carbocycles. The molecule has 0 spiro atoms. The van der Waals surface area contributed by atoms with E-state index in [2.05, 4.69) is 0 Å². The maximum Gasteiger partial charge on any atom is 0.348 e. The predicted molar refractivity (Wildman–Crippen MR) is 76.6 cm³/mol. The molecule has 0 N–H and O–H groups in total. The predicted octanol–water partition coefficient (Wildman–Crippen LogP) is 4.32. The molecule has 1 aromatic carbocycles. The van der Waals surface area contributed by atoms with Crippen LogP contribution in [0, 0.1) is 10.1 Å². The molecule has 104 valence electrons. The van der Waals surface area contributed by atoms with Gasteiger partial charge in [-0.3, -0.25) is 10.1 Å². The molecule has 0 unspecified atom stereocenters. The molecule has 5 nitrogen and oxygen atoms in total. The fourth-order valence-corrected chi connectivity index (χ4v) is 2.57. The molecule has 0 aliphatic heterocycles. The third-order valence-electron chi connectivity index (χ3n) is 2.35. The number of ether oxygens (including phenoxy) is 1. The van der Waals surface area contributed by atoms with E-state index in [1.807, 2.05) is 0 Å². The first-order valence-electron chi connectivity index (χ1n) is 5.32. The third-order valence-corrected chi connectivity index (χ3v) is 3.95. The van der Waals surface area contributed by atoms with Gasteiger partial charge in [0.1, 0.15) is 11.5 Å². The first-order valence-corrected chi connectivity index (χ1v) is 6.90. The molecule has 1 heterocycles. The molecule has 0 saturated heterocycles. The van der Waals surface area contributed by atoms with Crippen molar-refractivity contribution in [2.45, 2.75) is 6.61 Å². The lowest BCUT2D eigenvalue weighted by Crippen LogP contribution is -2.03. The summed E-state index contributed by atoms with van der Waals surface area (Å²) in [5, 5.41) is 11.3. The Morgan fingerprint density at radius 2 is 2.05 bits per heavy atom. The van der Waals surface area contributed by atoms with Crippen molar-refractivity contribution in [2.75, 3.05) is 0 Å². The minimum absolute atomic E-state index is 0.0272. The SMILES string of the molecule is O=C(OCc1ccc(Cl)cc1Cl)c1ccc([N+](=O)[O-])s1. The van der Waals surface area contributed by atoms with Crippen molar-refractivity contribution in [3.63, 3.8) is 0 Å². The fraction of sp³-hybridized carbons (Fsp3) is 0.0833. The van der Waals surface area contributed by atoms with Gasteiger partial charge in [-0.15, -0.1) is 0 Å². The van der Waals surface area contributed by atoms with Crippen molar-refractivity contribution in [1.82, 2.24) is 0 Å². The number of carbonyl (C=O) groups excluding carboxylic acids is 1. The Morgan fingerprint density at radius 3 is 2.65 bits per heavy atom. The molecule has 0 amide bonds. The number of halogens is 2. The molecule has 2 rings (SSSR count). The number of hydrogen-bond donors (Lipinski definition) is 0. The van der Waals surface area contributed by atoms with E-state index >= 15 is 0 Å². The number of nitrogens with zero attached hydrogens (tertiary/aromatic N) is 1. The third kappa shape index (κ3) is 3.47. The number of carbonyl (C=O) groups is 1. The summed E-state index contributed by atoms with van der Waals surface area (Å²) in [5.41, 5.74) is 0.607. The molecular weight excluding hydrogens is 325 g/mol. The molecule has 8 heteroatoms. The van der Waals surface area contributed by atoms with Gasteiger partial charge in [-0.25, -0.2) is 4.79 Å². The summed E-state index contributed by atoms with van der Waals surface area (Å²) in [6.07, 6.45) is 0. The summed E-state index contributed by atoms with van der Waals surface area (Å²) in [5.74, 6) is -0.630. The number of nitro groups is 1. The van der Waals surface area contributed by atoms with E-state index < -0.39 is 10.9 Å². The van der Waals surface area contributed by atoms with Gasteiger partial charge in [0.25, 0.3) is 0 Å². The number of rotatable bonds is 4. The minimum atomic E-state index is -0.630. The normalized spacial score (nSPS) is 10.3. The highest BCUT2D eigenvalue weighted by molar-refractivity contribution is 7.17. The molecular formula is C12H7Cl2NO4S. The van der Waals surface area contributed by atoms with Gasteiger partial charge in [0.2, 0.25) is 0 Å². The molecule has 0 bridgehead atoms. The lowest BCUT2D eigenvalue weighted by Gasteiger charge is -2.05. The second-order valence-corrected chi connectivity index (χ2v) is 5.61. The van der Waals surface area contributed by atoms with Crippen molar-refractivity contribution in [2.24, 2.45) is 0 Å². The highest BCUT2D eigenvalue weighted by Gasteiger charge is 2.16. The smallest absolute Gasteiger partial charge is 0.348 e. The van der Waals surface area contributed by atoms with E-state index in [4.69, 9.17) is 27.9 Å². The lowest BCUT2D eigenvalue weighted by atomic mass is 10.2. The summed E-state index contributed by atoms with van der Waals surface area (Å²) in [4.78, 5) is 21.9. The molecule has 0 aliphatic carbocycles. The Kier molecular flexibility index (Phi) is 4.59. The average molecular weight is 332 g/mol. The number of benzene rings is 1. The van der Waals surface area contributed by atoms with E-state index in [9.17, 15) is 14.9 Å². The second kappa shape index (κ2) is 6.21. The molecule has 0 atom stereocenters. The highest BCUT2D eigenvalue weighted by atomic mass is 35.5. The summed E-state index contributed by atoms with van der Waals surface area (Å²) in [6.45, 7) is -0.0272. The van der Waals surface area contributed by atoms with Crippen molar-refractivity contribution >= 4 is 45.5 Å². The quantitative estimate of drug-likeness (QED) is 0.475. The van der Waals surface area contributed by atoms with Crippen LogP contribution in [0.3, 0.4) is 0 Å². The lowest BCUT2D eigenvalue weighted by molar-refractivity contribution is -0.380. The number of hydrogen-bond acceptors (Lipinski definition) is 5. The largest absolute Gasteiger partial charge is 0.457 e. The van der Waals surface area contributed by atoms with Crippen molar-refractivity contribution < 1.29 is 14.5 Å². The van der Waals surface area contributed by atoms with Crippen LogP contribution >= 0.6 is 34.5 Å². The van der Waals surface area contributed by atoms with Gasteiger partial charge in [0.15, 0.2) is 0 Å². The zero-order valence-electron chi connectivity index (χ0n) is 9.84. The zero-order chi connectivity index (χ0) is 14.7. The van der Waals surface area contributed by atoms with Gasteiger partial charge < -0.3 is 4.74 Å². The van der Waals surface area contributed by atoms with E-state index in [1.165, 1.54) is 12.1 Å². The first-order chi connectivity index (χ1) is 9.47. The first kappa shape index (κ1) is 14.8. The van der Waals surface area contributed by atoms with Crippen molar-refractivity contribution in [1.29, 1.82) is 0 Å². The van der Waals surface area contributed by atoms with Crippen LogP contribution in [0.5, 0.6) is 0 Å². The maximum atomic E-state index is 11.7. The van der Waals surface area contributed by atoms with Crippen LogP contribution in [0.1, 0.15) is 15.2 Å². The Hall–Kier alpha value is -1.63. The fourth-order valence-electron chi connectivity index (χ4n) is 1.39. The van der Waals surface area contributed by atoms with Crippen LogP contribution in [-0.4, -0.2) is 10.9 Å². The molecule has 0 aliphatic rings. The van der Waals surface area contributed by atoms with E-state index in [1.54, 1.807) is 18.2 Å². The molecule has 20 heavy (non-hydrogen) atoms. The van der Waals surface area contributed by atoms with E-state index in [-0.39, 0.29) is 16.5 Å². The summed E-state index contributed by atoms with van der Waals surface area (Å²) >= 11 is 12.5. The molecule has 0 fully saturated rings. The Labute approximate surface area is 127 Å². The van der Waals surface area contributed by atoms with Crippen molar-refractivity contribution in [3.05, 3.63) is 60.9 Å². The molecule has 0 radical (unpaired) electrons. The second-order valence-electron chi connectivity index (χ2n) is 3.71. The van der Waals surface area contributed by atoms with Crippen molar-refractivity contribution in [3.8, 4) is 0 Å². The summed E-state index contributed by atoms with van der Waals surface area (Å²) < 4.78 is 5.05. The van der Waals surface area contributed by atoms with Crippen LogP contribution < -0.4 is 0 Å². The topological polar surface area (TPSA) is 69.4 Å². The van der Waals surface area contributed by atoms with E-state index in [0.29, 0.717) is 15.6 Å². The number of thiophene rings is 1. The van der Waals surface area contributed by atoms with Crippen LogP contribution in [0.15, 0.2) is 30.3 Å².